The van der Waals surface area contributed by atoms with E-state index in [4.69, 9.17) is 11.6 Å². The molecule has 1 aromatic heterocycles. The highest BCUT2D eigenvalue weighted by atomic mass is 35.5. The van der Waals surface area contributed by atoms with Gasteiger partial charge in [0.15, 0.2) is 0 Å². The molecular formula is C14H18ClN3. The number of aryl methyl sites for hydroxylation is 2. The predicted molar refractivity (Wildman–Crippen MR) is 74.7 cm³/mol. The van der Waals surface area contributed by atoms with Gasteiger partial charge < -0.3 is 5.32 Å². The average Bonchev–Trinajstić information content (AvgIpc) is 2.65. The van der Waals surface area contributed by atoms with Crippen LogP contribution in [0.2, 0.25) is 5.02 Å². The normalized spacial score (nSPS) is 12.7. The molecule has 0 saturated heterocycles. The third-order valence-corrected chi connectivity index (χ3v) is 3.40. The Kier molecular flexibility index (Phi) is 4.04. The topological polar surface area (TPSA) is 29.9 Å². The number of rotatable bonds is 4. The molecule has 0 amide bonds. The Morgan fingerprint density at radius 2 is 2.11 bits per heavy atom. The fraction of sp³-hybridized carbons (Fsp3) is 0.357. The molecule has 3 nitrogen and oxygen atoms in total. The van der Waals surface area contributed by atoms with E-state index in [9.17, 15) is 0 Å². The number of hydrogen-bond donors (Lipinski definition) is 1. The maximum atomic E-state index is 6.08. The van der Waals surface area contributed by atoms with Crippen molar-refractivity contribution in [1.82, 2.24) is 15.1 Å². The van der Waals surface area contributed by atoms with Gasteiger partial charge in [0.25, 0.3) is 0 Å². The molecule has 1 atom stereocenters. The number of hydrogen-bond acceptors (Lipinski definition) is 2. The highest BCUT2D eigenvalue weighted by Crippen LogP contribution is 2.18. The van der Waals surface area contributed by atoms with Crippen molar-refractivity contribution in [2.75, 3.05) is 0 Å². The van der Waals surface area contributed by atoms with Gasteiger partial charge >= 0.3 is 0 Å². The van der Waals surface area contributed by atoms with E-state index in [2.05, 4.69) is 48.5 Å². The van der Waals surface area contributed by atoms with Crippen molar-refractivity contribution in [2.45, 2.75) is 26.4 Å². The van der Waals surface area contributed by atoms with Crippen molar-refractivity contribution < 1.29 is 0 Å². The van der Waals surface area contributed by atoms with E-state index in [1.165, 1.54) is 11.1 Å². The Morgan fingerprint density at radius 3 is 2.72 bits per heavy atom. The third kappa shape index (κ3) is 2.92. The monoisotopic (exact) mass is 263 g/mol. The van der Waals surface area contributed by atoms with Crippen LogP contribution in [0.1, 0.15) is 29.8 Å². The number of benzene rings is 1. The summed E-state index contributed by atoms with van der Waals surface area (Å²) in [4.78, 5) is 0. The van der Waals surface area contributed by atoms with Gasteiger partial charge in [-0.2, -0.15) is 5.10 Å². The summed E-state index contributed by atoms with van der Waals surface area (Å²) in [6, 6.07) is 8.67. The third-order valence-electron chi connectivity index (χ3n) is 3.08. The summed E-state index contributed by atoms with van der Waals surface area (Å²) in [5.41, 5.74) is 3.49. The fourth-order valence-corrected chi connectivity index (χ4v) is 2.30. The van der Waals surface area contributed by atoms with Crippen LogP contribution in [0, 0.1) is 6.92 Å². The van der Waals surface area contributed by atoms with E-state index in [0.717, 1.165) is 5.69 Å². The first-order chi connectivity index (χ1) is 8.58. The summed E-state index contributed by atoms with van der Waals surface area (Å²) in [5, 5.41) is 8.48. The van der Waals surface area contributed by atoms with Crippen LogP contribution in [-0.2, 0) is 13.6 Å². The lowest BCUT2D eigenvalue weighted by atomic mass is 10.0. The van der Waals surface area contributed by atoms with Crippen molar-refractivity contribution >= 4 is 11.6 Å². The van der Waals surface area contributed by atoms with Crippen molar-refractivity contribution in [1.29, 1.82) is 0 Å². The van der Waals surface area contributed by atoms with E-state index in [1.54, 1.807) is 4.68 Å². The Balaban J connectivity index is 2.03. The zero-order chi connectivity index (χ0) is 13.1. The van der Waals surface area contributed by atoms with Gasteiger partial charge in [0, 0.05) is 25.8 Å². The summed E-state index contributed by atoms with van der Waals surface area (Å²) < 4.78 is 1.73. The highest BCUT2D eigenvalue weighted by Gasteiger charge is 2.10. The molecule has 1 N–H and O–H groups in total. The highest BCUT2D eigenvalue weighted by molar-refractivity contribution is 6.31. The average molecular weight is 264 g/mol. The molecule has 4 heteroatoms. The first kappa shape index (κ1) is 13.1. The van der Waals surface area contributed by atoms with Crippen LogP contribution < -0.4 is 5.32 Å². The van der Waals surface area contributed by atoms with Crippen LogP contribution in [0.25, 0.3) is 0 Å². The molecule has 0 spiro atoms. The zero-order valence-corrected chi connectivity index (χ0v) is 11.7. The minimum atomic E-state index is 0.282. The second kappa shape index (κ2) is 5.55. The molecule has 0 aliphatic rings. The second-order valence-corrected chi connectivity index (χ2v) is 4.96. The summed E-state index contributed by atoms with van der Waals surface area (Å²) in [6.45, 7) is 4.95. The summed E-state index contributed by atoms with van der Waals surface area (Å²) >= 11 is 6.08. The van der Waals surface area contributed by atoms with Gasteiger partial charge in [-0.15, -0.1) is 0 Å². The smallest absolute Gasteiger partial charge is 0.0948 e. The molecule has 1 aromatic carbocycles. The summed E-state index contributed by atoms with van der Waals surface area (Å²) in [5.74, 6) is 0. The number of nitrogens with zero attached hydrogens (tertiary/aromatic N) is 2. The maximum Gasteiger partial charge on any atom is 0.0948 e. The Bertz CT molecular complexity index is 534. The maximum absolute atomic E-state index is 6.08. The second-order valence-electron chi connectivity index (χ2n) is 4.56. The van der Waals surface area contributed by atoms with Gasteiger partial charge in [0.05, 0.1) is 10.7 Å². The molecule has 96 valence electrons. The first-order valence-electron chi connectivity index (χ1n) is 6.05. The minimum Gasteiger partial charge on any atom is -0.304 e. The minimum absolute atomic E-state index is 0.282. The Labute approximate surface area is 113 Å². The van der Waals surface area contributed by atoms with E-state index in [0.29, 0.717) is 11.6 Å². The predicted octanol–water partition coefficient (Wildman–Crippen LogP) is 3.23. The fourth-order valence-electron chi connectivity index (χ4n) is 2.06. The van der Waals surface area contributed by atoms with Gasteiger partial charge in [0.2, 0.25) is 0 Å². The standard InChI is InChI=1S/C14H18ClN3/c1-10-6-4-5-7-12(10)11(2)16-8-14-13(15)9-18(3)17-14/h4-7,9,11,16H,8H2,1-3H3/t11-/m1/s1. The Hall–Kier alpha value is -1.32. The molecule has 0 unspecified atom stereocenters. The quantitative estimate of drug-likeness (QED) is 0.918. The first-order valence-corrected chi connectivity index (χ1v) is 6.42. The molecule has 2 aromatic rings. The number of aromatic nitrogens is 2. The van der Waals surface area contributed by atoms with Crippen LogP contribution in [0.4, 0.5) is 0 Å². The van der Waals surface area contributed by atoms with Gasteiger partial charge in [-0.05, 0) is 25.0 Å². The lowest BCUT2D eigenvalue weighted by Crippen LogP contribution is -2.19. The SMILES string of the molecule is Cc1ccccc1[C@@H](C)NCc1nn(C)cc1Cl. The molecule has 0 aliphatic carbocycles. The number of halogens is 1. The van der Waals surface area contributed by atoms with Crippen molar-refractivity contribution in [3.8, 4) is 0 Å². The van der Waals surface area contributed by atoms with Crippen LogP contribution in [0.3, 0.4) is 0 Å². The van der Waals surface area contributed by atoms with Crippen LogP contribution in [0.5, 0.6) is 0 Å². The van der Waals surface area contributed by atoms with Gasteiger partial charge in [-0.25, -0.2) is 0 Å². The largest absolute Gasteiger partial charge is 0.304 e. The van der Waals surface area contributed by atoms with Gasteiger partial charge in [-0.1, -0.05) is 35.9 Å². The molecule has 0 radical (unpaired) electrons. The summed E-state index contributed by atoms with van der Waals surface area (Å²) in [6.07, 6.45) is 1.82. The van der Waals surface area contributed by atoms with Crippen LogP contribution in [0.15, 0.2) is 30.5 Å². The Morgan fingerprint density at radius 1 is 1.39 bits per heavy atom. The van der Waals surface area contributed by atoms with Gasteiger partial charge in [0.1, 0.15) is 0 Å². The number of nitrogens with one attached hydrogen (secondary N) is 1. The van der Waals surface area contributed by atoms with Crippen LogP contribution in [-0.4, -0.2) is 9.78 Å². The lowest BCUT2D eigenvalue weighted by molar-refractivity contribution is 0.560. The molecule has 0 fully saturated rings. The summed E-state index contributed by atoms with van der Waals surface area (Å²) in [7, 11) is 1.88. The molecule has 1 heterocycles. The van der Waals surface area contributed by atoms with Crippen molar-refractivity contribution in [3.05, 3.63) is 52.3 Å². The molecule has 18 heavy (non-hydrogen) atoms. The van der Waals surface area contributed by atoms with E-state index >= 15 is 0 Å². The molecule has 2 rings (SSSR count). The molecular weight excluding hydrogens is 246 g/mol. The lowest BCUT2D eigenvalue weighted by Gasteiger charge is -2.15. The van der Waals surface area contributed by atoms with Gasteiger partial charge in [-0.3, -0.25) is 4.68 Å². The van der Waals surface area contributed by atoms with Crippen molar-refractivity contribution in [3.63, 3.8) is 0 Å². The molecule has 0 aliphatic heterocycles. The zero-order valence-electron chi connectivity index (χ0n) is 10.9. The van der Waals surface area contributed by atoms with E-state index in [1.807, 2.05) is 13.2 Å². The van der Waals surface area contributed by atoms with Crippen molar-refractivity contribution in [2.24, 2.45) is 7.05 Å². The molecule has 0 saturated carbocycles. The van der Waals surface area contributed by atoms with E-state index in [-0.39, 0.29) is 6.04 Å². The van der Waals surface area contributed by atoms with E-state index < -0.39 is 0 Å². The molecule has 0 bridgehead atoms. The van der Waals surface area contributed by atoms with Crippen LogP contribution >= 0.6 is 11.6 Å².